The van der Waals surface area contributed by atoms with Gasteiger partial charge in [0.15, 0.2) is 0 Å². The second-order valence-electron chi connectivity index (χ2n) is 2.31. The van der Waals surface area contributed by atoms with Crippen LogP contribution in [0.1, 0.15) is 11.6 Å². The average Bonchev–Trinajstić information content (AvgIpc) is 2.37. The molecule has 1 saturated carbocycles. The van der Waals surface area contributed by atoms with Crippen LogP contribution in [0.4, 0.5) is 8.78 Å². The van der Waals surface area contributed by atoms with Crippen LogP contribution in [-0.4, -0.2) is 27.8 Å². The highest BCUT2D eigenvalue weighted by Gasteiger charge is 2.54. The van der Waals surface area contributed by atoms with Crippen molar-refractivity contribution in [3.05, 3.63) is 11.9 Å². The van der Waals surface area contributed by atoms with Gasteiger partial charge in [0.25, 0.3) is 0 Å². The van der Waals surface area contributed by atoms with Crippen LogP contribution < -0.4 is 0 Å². The summed E-state index contributed by atoms with van der Waals surface area (Å²) in [5, 5.41) is 9.24. The fourth-order valence-electron chi connectivity index (χ4n) is 0.939. The van der Waals surface area contributed by atoms with Crippen LogP contribution in [0.15, 0.2) is 6.20 Å². The average molecular weight is 145 g/mol. The predicted octanol–water partition coefficient (Wildman–Crippen LogP) is 0.578. The van der Waals surface area contributed by atoms with E-state index < -0.39 is 18.3 Å². The number of aromatic nitrogens is 3. The van der Waals surface area contributed by atoms with Gasteiger partial charge in [-0.1, -0.05) is 5.21 Å². The summed E-state index contributed by atoms with van der Waals surface area (Å²) < 4.78 is 24.6. The lowest BCUT2D eigenvalue weighted by Gasteiger charge is -1.80. The minimum Gasteiger partial charge on any atom is -0.265 e. The van der Waals surface area contributed by atoms with E-state index in [0.29, 0.717) is 5.69 Å². The van der Waals surface area contributed by atoms with Crippen molar-refractivity contribution in [3.8, 4) is 0 Å². The molecule has 1 fully saturated rings. The topological polar surface area (TPSA) is 41.6 Å². The van der Waals surface area contributed by atoms with Crippen LogP contribution >= 0.6 is 0 Å². The van der Waals surface area contributed by atoms with Crippen molar-refractivity contribution in [2.45, 2.75) is 18.3 Å². The summed E-state index contributed by atoms with van der Waals surface area (Å²) in [5.74, 6) is -0.668. The summed E-state index contributed by atoms with van der Waals surface area (Å²) in [6.07, 6.45) is -1.33. The Morgan fingerprint density at radius 1 is 1.40 bits per heavy atom. The molecule has 54 valence electrons. The molecule has 2 unspecified atom stereocenters. The molecule has 1 N–H and O–H groups in total. The van der Waals surface area contributed by atoms with Crippen LogP contribution in [0, 0.1) is 0 Å². The number of halogens is 2. The summed E-state index contributed by atoms with van der Waals surface area (Å²) in [7, 11) is 0. The van der Waals surface area contributed by atoms with Gasteiger partial charge >= 0.3 is 0 Å². The second kappa shape index (κ2) is 1.74. The van der Waals surface area contributed by atoms with E-state index in [1.54, 1.807) is 0 Å². The van der Waals surface area contributed by atoms with Crippen LogP contribution in [0.5, 0.6) is 0 Å². The number of H-pyrrole nitrogens is 1. The van der Waals surface area contributed by atoms with E-state index in [2.05, 4.69) is 15.4 Å². The number of nitrogens with zero attached hydrogens (tertiary/aromatic N) is 2. The third-order valence-corrected chi connectivity index (χ3v) is 1.63. The van der Waals surface area contributed by atoms with E-state index in [1.165, 1.54) is 6.20 Å². The molecule has 0 aromatic carbocycles. The maximum Gasteiger partial charge on any atom is 0.143 e. The highest BCUT2D eigenvalue weighted by atomic mass is 19.2. The van der Waals surface area contributed by atoms with Crippen LogP contribution in [-0.2, 0) is 0 Å². The summed E-state index contributed by atoms with van der Waals surface area (Å²) in [5.41, 5.74) is 0.375. The molecule has 0 aliphatic heterocycles. The van der Waals surface area contributed by atoms with E-state index in [-0.39, 0.29) is 0 Å². The van der Waals surface area contributed by atoms with Crippen molar-refractivity contribution in [3.63, 3.8) is 0 Å². The number of alkyl halides is 2. The minimum absolute atomic E-state index is 0.375. The van der Waals surface area contributed by atoms with E-state index in [9.17, 15) is 8.78 Å². The Hall–Kier alpha value is -1.00. The molecule has 5 heteroatoms. The molecule has 2 rings (SSSR count). The molecule has 1 aromatic rings. The van der Waals surface area contributed by atoms with Crippen molar-refractivity contribution in [2.75, 3.05) is 0 Å². The molecule has 2 atom stereocenters. The molecule has 1 aromatic heterocycles. The molecule has 0 amide bonds. The normalized spacial score (nSPS) is 38.0. The predicted molar refractivity (Wildman–Crippen MR) is 28.9 cm³/mol. The Morgan fingerprint density at radius 2 is 2.10 bits per heavy atom. The first-order valence-electron chi connectivity index (χ1n) is 2.95. The minimum atomic E-state index is -1.37. The Kier molecular flexibility index (Phi) is 1.00. The molecule has 1 aliphatic rings. The summed E-state index contributed by atoms with van der Waals surface area (Å²) in [6.45, 7) is 0. The lowest BCUT2D eigenvalue weighted by Crippen LogP contribution is -1.82. The Labute approximate surface area is 55.4 Å². The SMILES string of the molecule is FC1C(F)C1c1c[nH]nn1. The van der Waals surface area contributed by atoms with Crippen LogP contribution in [0.25, 0.3) is 0 Å². The van der Waals surface area contributed by atoms with Gasteiger partial charge in [-0.3, -0.25) is 5.10 Å². The van der Waals surface area contributed by atoms with Gasteiger partial charge in [-0.05, 0) is 0 Å². The van der Waals surface area contributed by atoms with Gasteiger partial charge in [0.05, 0.1) is 11.6 Å². The zero-order valence-corrected chi connectivity index (χ0v) is 4.96. The summed E-state index contributed by atoms with van der Waals surface area (Å²) in [4.78, 5) is 0. The van der Waals surface area contributed by atoms with Gasteiger partial charge in [-0.25, -0.2) is 8.78 Å². The Balaban J connectivity index is 2.17. The highest BCUT2D eigenvalue weighted by Crippen LogP contribution is 2.45. The van der Waals surface area contributed by atoms with E-state index >= 15 is 0 Å². The molecule has 0 radical (unpaired) electrons. The quantitative estimate of drug-likeness (QED) is 0.627. The van der Waals surface area contributed by atoms with Crippen LogP contribution in [0.2, 0.25) is 0 Å². The summed E-state index contributed by atoms with van der Waals surface area (Å²) in [6, 6.07) is 0. The van der Waals surface area contributed by atoms with Crippen molar-refractivity contribution >= 4 is 0 Å². The zero-order chi connectivity index (χ0) is 7.14. The molecular weight excluding hydrogens is 140 g/mol. The molecular formula is C5H5F2N3. The molecule has 1 heterocycles. The third kappa shape index (κ3) is 0.630. The number of nitrogens with one attached hydrogen (secondary N) is 1. The molecule has 3 nitrogen and oxygen atoms in total. The monoisotopic (exact) mass is 145 g/mol. The largest absolute Gasteiger partial charge is 0.265 e. The van der Waals surface area contributed by atoms with Crippen molar-refractivity contribution in [2.24, 2.45) is 0 Å². The molecule has 10 heavy (non-hydrogen) atoms. The molecule has 0 spiro atoms. The van der Waals surface area contributed by atoms with Gasteiger partial charge < -0.3 is 0 Å². The van der Waals surface area contributed by atoms with Gasteiger partial charge in [0, 0.05) is 6.20 Å². The molecule has 0 bridgehead atoms. The second-order valence-corrected chi connectivity index (χ2v) is 2.31. The number of aromatic amines is 1. The Bertz CT molecular complexity index is 215. The van der Waals surface area contributed by atoms with Crippen molar-refractivity contribution < 1.29 is 8.78 Å². The Morgan fingerprint density at radius 3 is 2.50 bits per heavy atom. The van der Waals surface area contributed by atoms with Gasteiger partial charge in [0.2, 0.25) is 0 Å². The first-order chi connectivity index (χ1) is 4.80. The summed E-state index contributed by atoms with van der Waals surface area (Å²) >= 11 is 0. The maximum atomic E-state index is 12.3. The van der Waals surface area contributed by atoms with Crippen molar-refractivity contribution in [1.29, 1.82) is 0 Å². The molecule has 1 aliphatic carbocycles. The first-order valence-corrected chi connectivity index (χ1v) is 2.95. The van der Waals surface area contributed by atoms with Gasteiger partial charge in [-0.2, -0.15) is 0 Å². The highest BCUT2D eigenvalue weighted by molar-refractivity contribution is 5.20. The lowest BCUT2D eigenvalue weighted by atomic mass is 10.3. The lowest BCUT2D eigenvalue weighted by molar-refractivity contribution is 0.372. The first kappa shape index (κ1) is 5.76. The van der Waals surface area contributed by atoms with E-state index in [0.717, 1.165) is 0 Å². The maximum absolute atomic E-state index is 12.3. The van der Waals surface area contributed by atoms with Gasteiger partial charge in [0.1, 0.15) is 12.3 Å². The third-order valence-electron chi connectivity index (χ3n) is 1.63. The van der Waals surface area contributed by atoms with Crippen molar-refractivity contribution in [1.82, 2.24) is 15.4 Å². The van der Waals surface area contributed by atoms with E-state index in [4.69, 9.17) is 0 Å². The number of hydrogen-bond donors (Lipinski definition) is 1. The molecule has 0 saturated heterocycles. The number of rotatable bonds is 1. The number of hydrogen-bond acceptors (Lipinski definition) is 2. The zero-order valence-electron chi connectivity index (χ0n) is 4.96. The van der Waals surface area contributed by atoms with E-state index in [1.807, 2.05) is 0 Å². The van der Waals surface area contributed by atoms with Crippen LogP contribution in [0.3, 0.4) is 0 Å². The van der Waals surface area contributed by atoms with Gasteiger partial charge in [-0.15, -0.1) is 5.10 Å². The fourth-order valence-corrected chi connectivity index (χ4v) is 0.939. The smallest absolute Gasteiger partial charge is 0.143 e. The fraction of sp³-hybridized carbons (Fsp3) is 0.600. The standard InChI is InChI=1S/C5H5F2N3/c6-4-3(5(4)7)2-1-8-10-9-2/h1,3-5H,(H,8,9,10).